The number of anilines is 1. The molecule has 3 heterocycles. The number of methoxy groups -OCH3 is 1. The van der Waals surface area contributed by atoms with E-state index in [0.717, 1.165) is 5.56 Å². The summed E-state index contributed by atoms with van der Waals surface area (Å²) in [7, 11) is 1.52. The van der Waals surface area contributed by atoms with E-state index in [9.17, 15) is 19.2 Å². The molecule has 9 heteroatoms. The molecule has 2 aromatic rings. The maximum absolute atomic E-state index is 13.8. The van der Waals surface area contributed by atoms with Gasteiger partial charge in [-0.15, -0.1) is 0 Å². The number of benzene rings is 2. The van der Waals surface area contributed by atoms with Gasteiger partial charge in [-0.2, -0.15) is 0 Å². The fourth-order valence-corrected chi connectivity index (χ4v) is 5.80. The Balaban J connectivity index is 1.62. The van der Waals surface area contributed by atoms with E-state index in [4.69, 9.17) is 10.5 Å². The molecule has 2 fully saturated rings. The van der Waals surface area contributed by atoms with E-state index < -0.39 is 47.0 Å². The second kappa shape index (κ2) is 7.95. The van der Waals surface area contributed by atoms with Crippen molar-refractivity contribution in [1.29, 1.82) is 0 Å². The van der Waals surface area contributed by atoms with Crippen molar-refractivity contribution in [3.63, 3.8) is 0 Å². The van der Waals surface area contributed by atoms with Gasteiger partial charge < -0.3 is 15.8 Å². The number of carbonyl (C=O) groups excluding carboxylic acids is 4. The van der Waals surface area contributed by atoms with Crippen LogP contribution in [0.4, 0.5) is 5.69 Å². The Morgan fingerprint density at radius 3 is 2.53 bits per heavy atom. The molecule has 0 aromatic heterocycles. The lowest BCUT2D eigenvalue weighted by atomic mass is 9.76. The molecule has 176 valence electrons. The Bertz CT molecular complexity index is 1230. The SMILES string of the molecule is CCc1cccc2c1NC(=O)[C@@]21N[C@H](CC(N)=O)[C@H]2C(=O)N(Cc3ccccc3OC)C(=O)[C@H]21. The van der Waals surface area contributed by atoms with Crippen molar-refractivity contribution in [2.24, 2.45) is 17.6 Å². The maximum Gasteiger partial charge on any atom is 0.250 e. The first-order valence-corrected chi connectivity index (χ1v) is 11.3. The molecule has 34 heavy (non-hydrogen) atoms. The van der Waals surface area contributed by atoms with Crippen LogP contribution in [0.2, 0.25) is 0 Å². The minimum Gasteiger partial charge on any atom is -0.496 e. The van der Waals surface area contributed by atoms with Crippen molar-refractivity contribution in [3.8, 4) is 5.75 Å². The van der Waals surface area contributed by atoms with Gasteiger partial charge in [0.2, 0.25) is 23.6 Å². The number of nitrogens with zero attached hydrogens (tertiary/aromatic N) is 1. The highest BCUT2D eigenvalue weighted by Crippen LogP contribution is 2.54. The number of hydrogen-bond acceptors (Lipinski definition) is 6. The summed E-state index contributed by atoms with van der Waals surface area (Å²) in [6, 6.07) is 12.0. The van der Waals surface area contributed by atoms with Gasteiger partial charge in [0.25, 0.3) is 0 Å². The van der Waals surface area contributed by atoms with Crippen LogP contribution in [0, 0.1) is 11.8 Å². The summed E-state index contributed by atoms with van der Waals surface area (Å²) in [5.74, 6) is -3.22. The molecule has 2 aromatic carbocycles. The van der Waals surface area contributed by atoms with Gasteiger partial charge in [0.05, 0.1) is 25.5 Å². The molecule has 3 aliphatic rings. The first-order valence-electron chi connectivity index (χ1n) is 11.3. The predicted molar refractivity (Wildman–Crippen MR) is 122 cm³/mol. The Morgan fingerprint density at radius 1 is 1.09 bits per heavy atom. The smallest absolute Gasteiger partial charge is 0.250 e. The first-order chi connectivity index (χ1) is 16.3. The number of nitrogens with two attached hydrogens (primary N) is 1. The van der Waals surface area contributed by atoms with Crippen molar-refractivity contribution in [2.75, 3.05) is 12.4 Å². The van der Waals surface area contributed by atoms with Crippen LogP contribution in [-0.4, -0.2) is 41.7 Å². The minimum absolute atomic E-state index is 0.0114. The van der Waals surface area contributed by atoms with Gasteiger partial charge in [0, 0.05) is 29.3 Å². The summed E-state index contributed by atoms with van der Waals surface area (Å²) >= 11 is 0. The number of aryl methyl sites for hydroxylation is 1. The molecule has 1 spiro atoms. The van der Waals surface area contributed by atoms with Crippen molar-refractivity contribution >= 4 is 29.3 Å². The third kappa shape index (κ3) is 2.96. The number of ether oxygens (including phenoxy) is 1. The molecule has 0 saturated carbocycles. The number of hydrogen-bond donors (Lipinski definition) is 3. The van der Waals surface area contributed by atoms with Crippen molar-refractivity contribution in [2.45, 2.75) is 37.9 Å². The zero-order valence-corrected chi connectivity index (χ0v) is 19.0. The number of rotatable bonds is 6. The highest BCUT2D eigenvalue weighted by atomic mass is 16.5. The highest BCUT2D eigenvalue weighted by molar-refractivity contribution is 6.15. The van der Waals surface area contributed by atoms with E-state index in [2.05, 4.69) is 10.6 Å². The molecule has 0 bridgehead atoms. The second-order valence-electron chi connectivity index (χ2n) is 8.95. The molecule has 4 N–H and O–H groups in total. The fourth-order valence-electron chi connectivity index (χ4n) is 5.80. The second-order valence-corrected chi connectivity index (χ2v) is 8.95. The number of fused-ring (bicyclic) bond motifs is 4. The van der Waals surface area contributed by atoms with Gasteiger partial charge in [0.1, 0.15) is 11.3 Å². The van der Waals surface area contributed by atoms with Crippen LogP contribution < -0.4 is 21.1 Å². The van der Waals surface area contributed by atoms with E-state index in [0.29, 0.717) is 29.0 Å². The molecule has 4 atom stereocenters. The van der Waals surface area contributed by atoms with E-state index in [1.165, 1.54) is 12.0 Å². The lowest BCUT2D eigenvalue weighted by Crippen LogP contribution is -2.53. The summed E-state index contributed by atoms with van der Waals surface area (Å²) in [4.78, 5) is 54.0. The predicted octanol–water partition coefficient (Wildman–Crippen LogP) is 1.05. The first kappa shape index (κ1) is 22.1. The van der Waals surface area contributed by atoms with Gasteiger partial charge in [0.15, 0.2) is 0 Å². The van der Waals surface area contributed by atoms with Gasteiger partial charge in [-0.05, 0) is 18.1 Å². The number of amides is 4. The largest absolute Gasteiger partial charge is 0.496 e. The molecule has 0 radical (unpaired) electrons. The van der Waals surface area contributed by atoms with E-state index in [1.54, 1.807) is 30.3 Å². The molecular weight excluding hydrogens is 436 g/mol. The molecule has 2 saturated heterocycles. The van der Waals surface area contributed by atoms with Gasteiger partial charge in [-0.3, -0.25) is 29.4 Å². The van der Waals surface area contributed by atoms with Crippen LogP contribution in [0.3, 0.4) is 0 Å². The molecule has 4 amide bonds. The summed E-state index contributed by atoms with van der Waals surface area (Å²) in [5, 5.41) is 6.15. The van der Waals surface area contributed by atoms with E-state index >= 15 is 0 Å². The average Bonchev–Trinajstić information content (AvgIpc) is 3.39. The average molecular weight is 463 g/mol. The molecule has 3 aliphatic heterocycles. The van der Waals surface area contributed by atoms with Crippen molar-refractivity contribution in [1.82, 2.24) is 10.2 Å². The monoisotopic (exact) mass is 462 g/mol. The zero-order valence-electron chi connectivity index (χ0n) is 19.0. The summed E-state index contributed by atoms with van der Waals surface area (Å²) in [5.41, 5.74) is 6.92. The quantitative estimate of drug-likeness (QED) is 0.550. The molecular formula is C25H26N4O5. The van der Waals surface area contributed by atoms with Crippen LogP contribution in [-0.2, 0) is 37.7 Å². The number of imide groups is 1. The lowest BCUT2D eigenvalue weighted by Gasteiger charge is -2.29. The molecule has 0 aliphatic carbocycles. The lowest BCUT2D eigenvalue weighted by molar-refractivity contribution is -0.143. The van der Waals surface area contributed by atoms with E-state index in [1.807, 2.05) is 19.1 Å². The normalized spacial score (nSPS) is 27.2. The Hall–Kier alpha value is -3.72. The number of para-hydroxylation sites is 2. The summed E-state index contributed by atoms with van der Waals surface area (Å²) < 4.78 is 5.39. The van der Waals surface area contributed by atoms with Crippen molar-refractivity contribution in [3.05, 3.63) is 59.2 Å². The van der Waals surface area contributed by atoms with E-state index in [-0.39, 0.29) is 13.0 Å². The maximum atomic E-state index is 13.8. The Morgan fingerprint density at radius 2 is 1.82 bits per heavy atom. The number of nitrogens with one attached hydrogen (secondary N) is 2. The van der Waals surface area contributed by atoms with Crippen LogP contribution >= 0.6 is 0 Å². The standard InChI is InChI=1S/C25H26N4O5/c1-3-13-8-6-9-15-21(13)27-24(33)25(15)20-19(16(28-25)11-18(26)30)22(31)29(23(20)32)12-14-7-4-5-10-17(14)34-2/h4-10,16,19-20,28H,3,11-12H2,1-2H3,(H2,26,30)(H,27,33)/t16-,19-,20+,25-/m1/s1. The number of carbonyl (C=O) groups is 4. The van der Waals surface area contributed by atoms with Crippen LogP contribution in [0.5, 0.6) is 5.75 Å². The molecule has 5 rings (SSSR count). The third-order valence-electron chi connectivity index (χ3n) is 7.25. The Labute approximate surface area is 196 Å². The highest BCUT2D eigenvalue weighted by Gasteiger charge is 2.70. The Kier molecular flexibility index (Phi) is 5.16. The van der Waals surface area contributed by atoms with Crippen LogP contribution in [0.1, 0.15) is 30.0 Å². The van der Waals surface area contributed by atoms with Gasteiger partial charge in [-0.1, -0.05) is 43.3 Å². The fraction of sp³-hybridized carbons (Fsp3) is 0.360. The van der Waals surface area contributed by atoms with Crippen LogP contribution in [0.25, 0.3) is 0 Å². The topological polar surface area (TPSA) is 131 Å². The minimum atomic E-state index is -1.45. The third-order valence-corrected chi connectivity index (χ3v) is 7.25. The van der Waals surface area contributed by atoms with Crippen molar-refractivity contribution < 1.29 is 23.9 Å². The number of primary amides is 1. The molecule has 0 unspecified atom stereocenters. The number of likely N-dealkylation sites (tertiary alicyclic amines) is 1. The van der Waals surface area contributed by atoms with Gasteiger partial charge in [-0.25, -0.2) is 0 Å². The molecule has 9 nitrogen and oxygen atoms in total. The summed E-state index contributed by atoms with van der Waals surface area (Å²) in [6.45, 7) is 1.99. The van der Waals surface area contributed by atoms with Gasteiger partial charge >= 0.3 is 0 Å². The summed E-state index contributed by atoms with van der Waals surface area (Å²) in [6.07, 6.45) is 0.520. The zero-order chi connectivity index (χ0) is 24.2. The van der Waals surface area contributed by atoms with Crippen LogP contribution in [0.15, 0.2) is 42.5 Å².